The second-order valence-electron chi connectivity index (χ2n) is 9.43. The summed E-state index contributed by atoms with van der Waals surface area (Å²) in [4.78, 5) is 28.3. The first-order valence-electron chi connectivity index (χ1n) is 13.5. The lowest BCUT2D eigenvalue weighted by atomic mass is 9.95. The van der Waals surface area contributed by atoms with Gasteiger partial charge in [-0.3, -0.25) is 14.5 Å². The lowest BCUT2D eigenvalue weighted by Crippen LogP contribution is -2.29. The van der Waals surface area contributed by atoms with Gasteiger partial charge < -0.3 is 19.7 Å². The molecule has 1 saturated heterocycles. The van der Waals surface area contributed by atoms with Gasteiger partial charge in [0.2, 0.25) is 5.13 Å². The molecule has 0 spiro atoms. The van der Waals surface area contributed by atoms with Crippen molar-refractivity contribution in [2.45, 2.75) is 36.4 Å². The summed E-state index contributed by atoms with van der Waals surface area (Å²) in [6, 6.07) is 17.6. The number of thioether (sulfide) groups is 1. The predicted octanol–water partition coefficient (Wildman–Crippen LogP) is 7.00. The first-order valence-corrected chi connectivity index (χ1v) is 15.7. The molecule has 0 radical (unpaired) electrons. The highest BCUT2D eigenvalue weighted by molar-refractivity contribution is 8.00. The number of nitrogens with zero attached hydrogens (tertiary/aromatic N) is 3. The van der Waals surface area contributed by atoms with Crippen LogP contribution in [0.2, 0.25) is 5.02 Å². The maximum absolute atomic E-state index is 13.6. The summed E-state index contributed by atoms with van der Waals surface area (Å²) >= 11 is 8.84. The van der Waals surface area contributed by atoms with Gasteiger partial charge in [0.05, 0.1) is 24.8 Å². The number of phenolic OH excluding ortho intramolecular Hbond substituents is 1. The molecule has 1 fully saturated rings. The summed E-state index contributed by atoms with van der Waals surface area (Å²) in [7, 11) is 0. The molecule has 222 valence electrons. The van der Waals surface area contributed by atoms with Crippen LogP contribution >= 0.6 is 34.7 Å². The van der Waals surface area contributed by atoms with E-state index in [1.165, 1.54) is 22.7 Å². The summed E-state index contributed by atoms with van der Waals surface area (Å²) < 4.78 is 11.8. The molecule has 2 N–H and O–H groups in total. The quantitative estimate of drug-likeness (QED) is 0.0588. The van der Waals surface area contributed by atoms with Gasteiger partial charge in [0, 0.05) is 16.3 Å². The van der Waals surface area contributed by atoms with E-state index in [9.17, 15) is 19.8 Å². The third-order valence-electron chi connectivity index (χ3n) is 6.56. The zero-order valence-corrected chi connectivity index (χ0v) is 25.7. The fraction of sp³-hybridized carbons (Fsp3) is 0.226. The fourth-order valence-electron chi connectivity index (χ4n) is 4.51. The van der Waals surface area contributed by atoms with Crippen molar-refractivity contribution in [3.63, 3.8) is 0 Å². The minimum Gasteiger partial charge on any atom is -0.507 e. The van der Waals surface area contributed by atoms with Crippen molar-refractivity contribution in [3.05, 3.63) is 94.0 Å². The van der Waals surface area contributed by atoms with Crippen LogP contribution < -0.4 is 14.4 Å². The summed E-state index contributed by atoms with van der Waals surface area (Å²) in [5, 5.41) is 31.1. The third-order valence-corrected chi connectivity index (χ3v) is 9.03. The van der Waals surface area contributed by atoms with Gasteiger partial charge in [-0.2, -0.15) is 0 Å². The standard InChI is InChI=1S/C31H28ClN3O6S2/c1-3-15-41-21-12-9-18(10-13-21)27(37)25-26(19-11-14-23(36)24(16-19)40-4-2)35(29(39)28(25)38)30-33-34-31(43-30)42-17-20-7-5-6-8-22(20)32/h5-14,16,26,36-37H,3-4,15,17H2,1-2H3/b27-25-. The molecule has 0 saturated carbocycles. The fourth-order valence-corrected chi connectivity index (χ4v) is 6.67. The minimum atomic E-state index is -1.06. The average molecular weight is 638 g/mol. The van der Waals surface area contributed by atoms with Gasteiger partial charge in [0.1, 0.15) is 11.5 Å². The van der Waals surface area contributed by atoms with Crippen molar-refractivity contribution >= 4 is 57.3 Å². The van der Waals surface area contributed by atoms with E-state index < -0.39 is 17.7 Å². The molecule has 12 heteroatoms. The van der Waals surface area contributed by atoms with Crippen molar-refractivity contribution in [2.75, 3.05) is 18.1 Å². The Morgan fingerprint density at radius 2 is 1.81 bits per heavy atom. The second kappa shape index (κ2) is 13.5. The number of rotatable bonds is 11. The topological polar surface area (TPSA) is 122 Å². The van der Waals surface area contributed by atoms with Crippen LogP contribution in [0.15, 0.2) is 76.6 Å². The van der Waals surface area contributed by atoms with Crippen molar-refractivity contribution in [1.82, 2.24) is 10.2 Å². The maximum atomic E-state index is 13.6. The minimum absolute atomic E-state index is 0.0978. The Morgan fingerprint density at radius 3 is 2.53 bits per heavy atom. The van der Waals surface area contributed by atoms with Crippen molar-refractivity contribution in [3.8, 4) is 17.2 Å². The van der Waals surface area contributed by atoms with E-state index >= 15 is 0 Å². The number of Topliss-reactive ketones (excluding diaryl/α,β-unsaturated/α-hetero) is 1. The van der Waals surface area contributed by atoms with E-state index in [1.54, 1.807) is 43.3 Å². The van der Waals surface area contributed by atoms with E-state index in [2.05, 4.69) is 10.2 Å². The molecule has 5 rings (SSSR count). The SMILES string of the molecule is CCCOc1ccc(/C(O)=C2/C(=O)C(=O)N(c3nnc(SCc4ccccc4Cl)s3)C2c2ccc(O)c(OCC)c2)cc1. The van der Waals surface area contributed by atoms with Gasteiger partial charge in [-0.1, -0.05) is 65.9 Å². The number of ketones is 1. The summed E-state index contributed by atoms with van der Waals surface area (Å²) in [5.41, 5.74) is 1.57. The van der Waals surface area contributed by atoms with Crippen molar-refractivity contribution < 1.29 is 29.3 Å². The molecular formula is C31H28ClN3O6S2. The second-order valence-corrected chi connectivity index (χ2v) is 12.0. The number of carbonyl (C=O) groups excluding carboxylic acids is 2. The van der Waals surface area contributed by atoms with E-state index in [4.69, 9.17) is 21.1 Å². The van der Waals surface area contributed by atoms with E-state index in [-0.39, 0.29) is 34.6 Å². The Balaban J connectivity index is 1.55. The average Bonchev–Trinajstić information content (AvgIpc) is 3.58. The number of halogens is 1. The number of carbonyl (C=O) groups is 2. The van der Waals surface area contributed by atoms with Gasteiger partial charge in [0.15, 0.2) is 15.8 Å². The number of anilines is 1. The maximum Gasteiger partial charge on any atom is 0.301 e. The number of amides is 1. The van der Waals surface area contributed by atoms with Crippen molar-refractivity contribution in [1.29, 1.82) is 0 Å². The smallest absolute Gasteiger partial charge is 0.301 e. The first-order chi connectivity index (χ1) is 20.8. The Morgan fingerprint density at radius 1 is 1.05 bits per heavy atom. The number of aromatic nitrogens is 2. The van der Waals surface area contributed by atoms with Gasteiger partial charge in [-0.05, 0) is 66.9 Å². The number of aliphatic hydroxyl groups excluding tert-OH is 1. The summed E-state index contributed by atoms with van der Waals surface area (Å²) in [5.74, 6) is -0.859. The largest absolute Gasteiger partial charge is 0.507 e. The number of hydrogen-bond donors (Lipinski definition) is 2. The van der Waals surface area contributed by atoms with E-state index in [1.807, 2.05) is 31.2 Å². The molecule has 2 heterocycles. The van der Waals surface area contributed by atoms with Crippen LogP contribution in [-0.2, 0) is 15.3 Å². The van der Waals surface area contributed by atoms with Crippen molar-refractivity contribution in [2.24, 2.45) is 0 Å². The highest BCUT2D eigenvalue weighted by Crippen LogP contribution is 2.45. The number of phenols is 1. The van der Waals surface area contributed by atoms with E-state index in [0.29, 0.717) is 38.6 Å². The number of hydrogen-bond acceptors (Lipinski definition) is 10. The Hall–Kier alpha value is -4.06. The molecule has 43 heavy (non-hydrogen) atoms. The lowest BCUT2D eigenvalue weighted by molar-refractivity contribution is -0.132. The summed E-state index contributed by atoms with van der Waals surface area (Å²) in [6.07, 6.45) is 0.841. The molecule has 1 unspecified atom stereocenters. The van der Waals surface area contributed by atoms with Crippen LogP contribution in [-0.4, -0.2) is 45.3 Å². The Bertz CT molecular complexity index is 1670. The normalized spacial score (nSPS) is 16.1. The highest BCUT2D eigenvalue weighted by Gasteiger charge is 2.48. The molecule has 1 aliphatic heterocycles. The molecule has 9 nitrogen and oxygen atoms in total. The molecule has 1 aromatic heterocycles. The first kappa shape index (κ1) is 30.4. The molecule has 0 aliphatic carbocycles. The lowest BCUT2D eigenvalue weighted by Gasteiger charge is -2.23. The van der Waals surface area contributed by atoms with Gasteiger partial charge in [0.25, 0.3) is 5.78 Å². The molecule has 1 aliphatic rings. The zero-order chi connectivity index (χ0) is 30.5. The number of ether oxygens (including phenoxy) is 2. The van der Waals surface area contributed by atoms with Gasteiger partial charge in [-0.15, -0.1) is 10.2 Å². The van der Waals surface area contributed by atoms with Crippen LogP contribution in [0.5, 0.6) is 17.2 Å². The molecule has 4 aromatic rings. The third kappa shape index (κ3) is 6.48. The van der Waals surface area contributed by atoms with Gasteiger partial charge in [-0.25, -0.2) is 0 Å². The number of aliphatic hydroxyl groups is 1. The zero-order valence-electron chi connectivity index (χ0n) is 23.3. The molecule has 1 amide bonds. The van der Waals surface area contributed by atoms with Crippen LogP contribution in [0.3, 0.4) is 0 Å². The molecule has 0 bridgehead atoms. The Kier molecular flexibility index (Phi) is 9.54. The molecule has 1 atom stereocenters. The van der Waals surface area contributed by atoms with Crippen LogP contribution in [0, 0.1) is 0 Å². The predicted molar refractivity (Wildman–Crippen MR) is 167 cm³/mol. The Labute approximate surface area is 261 Å². The monoisotopic (exact) mass is 637 g/mol. The molecular weight excluding hydrogens is 610 g/mol. The van der Waals surface area contributed by atoms with Gasteiger partial charge >= 0.3 is 5.91 Å². The number of benzene rings is 3. The molecule has 3 aromatic carbocycles. The highest BCUT2D eigenvalue weighted by atomic mass is 35.5. The number of aromatic hydroxyl groups is 1. The van der Waals surface area contributed by atoms with Crippen LogP contribution in [0.1, 0.15) is 43.0 Å². The van der Waals surface area contributed by atoms with Crippen LogP contribution in [0.4, 0.5) is 5.13 Å². The van der Waals surface area contributed by atoms with Crippen LogP contribution in [0.25, 0.3) is 5.76 Å². The van der Waals surface area contributed by atoms with E-state index in [0.717, 1.165) is 23.3 Å². The summed E-state index contributed by atoms with van der Waals surface area (Å²) in [6.45, 7) is 4.60.